The van der Waals surface area contributed by atoms with Crippen LogP contribution >= 0.6 is 0 Å². The Bertz CT molecular complexity index is 452. The van der Waals surface area contributed by atoms with Crippen molar-refractivity contribution in [2.45, 2.75) is 148 Å². The van der Waals surface area contributed by atoms with Crippen LogP contribution in [0, 0.1) is 28.6 Å². The highest BCUT2D eigenvalue weighted by atomic mass is 16.5. The van der Waals surface area contributed by atoms with Crippen molar-refractivity contribution in [1.82, 2.24) is 0 Å². The van der Waals surface area contributed by atoms with Crippen LogP contribution in [0.4, 0.5) is 0 Å². The van der Waals surface area contributed by atoms with E-state index in [0.29, 0.717) is 12.0 Å². The molecule has 0 saturated heterocycles. The molecular weight excluding hydrogens is 366 g/mol. The minimum Gasteiger partial charge on any atom is -0.378 e. The molecule has 0 bridgehead atoms. The van der Waals surface area contributed by atoms with E-state index < -0.39 is 0 Å². The molecule has 2 aliphatic rings. The van der Waals surface area contributed by atoms with E-state index >= 15 is 0 Å². The van der Waals surface area contributed by atoms with Crippen LogP contribution in [-0.2, 0) is 4.74 Å². The van der Waals surface area contributed by atoms with Gasteiger partial charge >= 0.3 is 0 Å². The van der Waals surface area contributed by atoms with Gasteiger partial charge in [0.1, 0.15) is 0 Å². The standard InChI is InChI=1S/C28H51NO/c1-3-5-7-9-11-13-25-14-16-27(17-15-25)30-23-26-18-21-28(24-29,22-19-26)20-12-10-8-6-4-2/h25-27H,3-23H2,1-2H3. The van der Waals surface area contributed by atoms with Gasteiger partial charge in [-0.25, -0.2) is 0 Å². The first kappa shape index (κ1) is 25.7. The van der Waals surface area contributed by atoms with Gasteiger partial charge in [-0.2, -0.15) is 5.26 Å². The number of unbranched alkanes of at least 4 members (excludes halogenated alkanes) is 8. The fourth-order valence-corrected chi connectivity index (χ4v) is 5.78. The van der Waals surface area contributed by atoms with Crippen molar-refractivity contribution in [2.75, 3.05) is 6.61 Å². The van der Waals surface area contributed by atoms with E-state index in [0.717, 1.165) is 31.8 Å². The number of hydrogen-bond donors (Lipinski definition) is 0. The van der Waals surface area contributed by atoms with Gasteiger partial charge in [-0.15, -0.1) is 0 Å². The summed E-state index contributed by atoms with van der Waals surface area (Å²) < 4.78 is 6.37. The van der Waals surface area contributed by atoms with Gasteiger partial charge in [0.05, 0.1) is 17.6 Å². The zero-order chi connectivity index (χ0) is 21.5. The SMILES string of the molecule is CCCCCCCC1CCC(OCC2CCC(C#N)(CCCCCCC)CC2)CC1. The third-order valence-electron chi connectivity index (χ3n) is 8.14. The number of hydrogen-bond acceptors (Lipinski definition) is 2. The maximum Gasteiger partial charge on any atom is 0.0689 e. The molecule has 2 aliphatic carbocycles. The Morgan fingerprint density at radius 3 is 1.93 bits per heavy atom. The summed E-state index contributed by atoms with van der Waals surface area (Å²) in [5.74, 6) is 1.66. The predicted molar refractivity (Wildman–Crippen MR) is 128 cm³/mol. The van der Waals surface area contributed by atoms with Crippen molar-refractivity contribution in [1.29, 1.82) is 5.26 Å². The van der Waals surface area contributed by atoms with E-state index in [4.69, 9.17) is 4.74 Å². The van der Waals surface area contributed by atoms with E-state index in [9.17, 15) is 5.26 Å². The largest absolute Gasteiger partial charge is 0.378 e. The van der Waals surface area contributed by atoms with Crippen molar-refractivity contribution < 1.29 is 4.74 Å². The first-order valence-electron chi connectivity index (χ1n) is 13.7. The number of rotatable bonds is 15. The number of nitriles is 1. The molecule has 2 saturated carbocycles. The molecule has 0 aromatic rings. The molecule has 0 atom stereocenters. The normalized spacial score (nSPS) is 29.6. The third-order valence-corrected chi connectivity index (χ3v) is 8.14. The molecule has 2 heteroatoms. The second-order valence-electron chi connectivity index (χ2n) is 10.7. The summed E-state index contributed by atoms with van der Waals surface area (Å²) in [6, 6.07) is 2.73. The summed E-state index contributed by atoms with van der Waals surface area (Å²) in [7, 11) is 0. The predicted octanol–water partition coefficient (Wildman–Crippen LogP) is 8.98. The maximum atomic E-state index is 9.81. The van der Waals surface area contributed by atoms with Gasteiger partial charge in [-0.05, 0) is 69.6 Å². The lowest BCUT2D eigenvalue weighted by atomic mass is 9.69. The Balaban J connectivity index is 1.54. The second-order valence-corrected chi connectivity index (χ2v) is 10.7. The highest BCUT2D eigenvalue weighted by Gasteiger charge is 2.35. The summed E-state index contributed by atoms with van der Waals surface area (Å²) in [5.41, 5.74) is -0.0160. The zero-order valence-electron chi connectivity index (χ0n) is 20.4. The number of nitrogens with zero attached hydrogens (tertiary/aromatic N) is 1. The smallest absolute Gasteiger partial charge is 0.0689 e. The van der Waals surface area contributed by atoms with Gasteiger partial charge in [0.25, 0.3) is 0 Å². The average molecular weight is 418 g/mol. The van der Waals surface area contributed by atoms with E-state index in [1.807, 2.05) is 0 Å². The Morgan fingerprint density at radius 2 is 1.33 bits per heavy atom. The Morgan fingerprint density at radius 1 is 0.733 bits per heavy atom. The van der Waals surface area contributed by atoms with Crippen molar-refractivity contribution >= 4 is 0 Å². The minimum atomic E-state index is -0.0160. The van der Waals surface area contributed by atoms with E-state index in [1.165, 1.54) is 109 Å². The molecular formula is C28H51NO. The minimum absolute atomic E-state index is 0.0160. The van der Waals surface area contributed by atoms with Crippen LogP contribution in [0.5, 0.6) is 0 Å². The Labute approximate surface area is 188 Å². The monoisotopic (exact) mass is 417 g/mol. The lowest BCUT2D eigenvalue weighted by Crippen LogP contribution is -2.30. The second kappa shape index (κ2) is 15.3. The fourth-order valence-electron chi connectivity index (χ4n) is 5.78. The quantitative estimate of drug-likeness (QED) is 0.249. The third kappa shape index (κ3) is 9.72. The first-order valence-corrected chi connectivity index (χ1v) is 13.7. The van der Waals surface area contributed by atoms with Gasteiger partial charge in [-0.1, -0.05) is 84.5 Å². The van der Waals surface area contributed by atoms with Crippen molar-refractivity contribution in [2.24, 2.45) is 17.3 Å². The lowest BCUT2D eigenvalue weighted by molar-refractivity contribution is -0.0135. The molecule has 0 aliphatic heterocycles. The Hall–Kier alpha value is -0.550. The van der Waals surface area contributed by atoms with Gasteiger partial charge < -0.3 is 4.74 Å². The lowest BCUT2D eigenvalue weighted by Gasteiger charge is -2.36. The van der Waals surface area contributed by atoms with Gasteiger partial charge in [-0.3, -0.25) is 0 Å². The molecule has 0 aromatic heterocycles. The molecule has 0 spiro atoms. The summed E-state index contributed by atoms with van der Waals surface area (Å²) in [5, 5.41) is 9.81. The molecule has 0 heterocycles. The average Bonchev–Trinajstić information content (AvgIpc) is 2.79. The fraction of sp³-hybridized carbons (Fsp3) is 0.964. The molecule has 2 fully saturated rings. The first-order chi connectivity index (χ1) is 14.7. The molecule has 2 nitrogen and oxygen atoms in total. The summed E-state index contributed by atoms with van der Waals surface area (Å²) in [6.45, 7) is 5.51. The molecule has 0 radical (unpaired) electrons. The topological polar surface area (TPSA) is 33.0 Å². The van der Waals surface area contributed by atoms with Crippen LogP contribution in [-0.4, -0.2) is 12.7 Å². The molecule has 2 rings (SSSR count). The van der Waals surface area contributed by atoms with E-state index in [2.05, 4.69) is 19.9 Å². The van der Waals surface area contributed by atoms with Crippen LogP contribution in [0.2, 0.25) is 0 Å². The summed E-state index contributed by atoms with van der Waals surface area (Å²) in [6.07, 6.45) is 26.7. The molecule has 0 unspecified atom stereocenters. The molecule has 30 heavy (non-hydrogen) atoms. The van der Waals surface area contributed by atoms with Gasteiger partial charge in [0.15, 0.2) is 0 Å². The van der Waals surface area contributed by atoms with Crippen LogP contribution in [0.3, 0.4) is 0 Å². The van der Waals surface area contributed by atoms with Gasteiger partial charge in [0, 0.05) is 6.61 Å². The summed E-state index contributed by atoms with van der Waals surface area (Å²) in [4.78, 5) is 0. The molecule has 174 valence electrons. The van der Waals surface area contributed by atoms with E-state index in [-0.39, 0.29) is 5.41 Å². The molecule has 0 aromatic carbocycles. The van der Waals surface area contributed by atoms with Crippen LogP contribution in [0.15, 0.2) is 0 Å². The number of ether oxygens (including phenoxy) is 1. The zero-order valence-corrected chi connectivity index (χ0v) is 20.4. The molecule has 0 amide bonds. The van der Waals surface area contributed by atoms with Crippen LogP contribution in [0.1, 0.15) is 142 Å². The van der Waals surface area contributed by atoms with Crippen LogP contribution < -0.4 is 0 Å². The Kier molecular flexibility index (Phi) is 13.1. The van der Waals surface area contributed by atoms with E-state index in [1.54, 1.807) is 0 Å². The van der Waals surface area contributed by atoms with Crippen molar-refractivity contribution in [3.63, 3.8) is 0 Å². The highest BCUT2D eigenvalue weighted by Crippen LogP contribution is 2.43. The highest BCUT2D eigenvalue weighted by molar-refractivity contribution is 5.01. The van der Waals surface area contributed by atoms with Crippen molar-refractivity contribution in [3.8, 4) is 6.07 Å². The summed E-state index contributed by atoms with van der Waals surface area (Å²) >= 11 is 0. The van der Waals surface area contributed by atoms with Gasteiger partial charge in [0.2, 0.25) is 0 Å². The van der Waals surface area contributed by atoms with Crippen LogP contribution in [0.25, 0.3) is 0 Å². The molecule has 0 N–H and O–H groups in total. The maximum absolute atomic E-state index is 9.81. The van der Waals surface area contributed by atoms with Crippen molar-refractivity contribution in [3.05, 3.63) is 0 Å².